The van der Waals surface area contributed by atoms with Crippen LogP contribution in [0.2, 0.25) is 0 Å². The molecule has 2 atom stereocenters. The Labute approximate surface area is 300 Å². The van der Waals surface area contributed by atoms with Gasteiger partial charge in [-0.2, -0.15) is 0 Å². The highest BCUT2D eigenvalue weighted by atomic mass is 16.5. The summed E-state index contributed by atoms with van der Waals surface area (Å²) >= 11 is 0. The lowest BCUT2D eigenvalue weighted by Gasteiger charge is -2.32. The summed E-state index contributed by atoms with van der Waals surface area (Å²) in [4.78, 5) is 2.26. The summed E-state index contributed by atoms with van der Waals surface area (Å²) in [6, 6.07) is 32.6. The van der Waals surface area contributed by atoms with Gasteiger partial charge in [0.25, 0.3) is 0 Å². The number of rotatable bonds is 9. The van der Waals surface area contributed by atoms with Crippen LogP contribution in [0.3, 0.4) is 0 Å². The van der Waals surface area contributed by atoms with Gasteiger partial charge in [-0.3, -0.25) is 0 Å². The lowest BCUT2D eigenvalue weighted by Crippen LogP contribution is -2.32. The molecular weight excluding hydrogens is 621 g/mol. The molecule has 2 aliphatic heterocycles. The van der Waals surface area contributed by atoms with E-state index in [-0.39, 0.29) is 6.04 Å². The first kappa shape index (κ1) is 31.9. The Hall–Kier alpha value is -6.32. The molecule has 51 heavy (non-hydrogen) atoms. The fraction of sp³-hybridized carbons (Fsp3) is 0.0833. The van der Waals surface area contributed by atoms with Gasteiger partial charge in [0, 0.05) is 45.2 Å². The van der Waals surface area contributed by atoms with E-state index in [2.05, 4.69) is 139 Å². The molecule has 0 saturated carbocycles. The van der Waals surface area contributed by atoms with E-state index in [0.29, 0.717) is 5.92 Å². The van der Waals surface area contributed by atoms with Crippen molar-refractivity contribution in [1.82, 2.24) is 4.57 Å². The van der Waals surface area contributed by atoms with Crippen molar-refractivity contribution in [3.05, 3.63) is 211 Å². The van der Waals surface area contributed by atoms with E-state index < -0.39 is 0 Å². The molecule has 1 aromatic heterocycles. The van der Waals surface area contributed by atoms with Crippen molar-refractivity contribution in [1.29, 1.82) is 0 Å². The van der Waals surface area contributed by atoms with Gasteiger partial charge in [-0.25, -0.2) is 0 Å². The van der Waals surface area contributed by atoms with Gasteiger partial charge in [0.2, 0.25) is 0 Å². The smallest absolute Gasteiger partial charge is 0.133 e. The SMILES string of the molecule is C=CC=CC(=C)C(=C)C=CC(=C)N(c1ccc(-c2ccc3c(c2)C2CC=Cc4c2n-3c2ccccc42)cc1)C1C=COc2ccccc2C=CC1. The second-order valence-corrected chi connectivity index (χ2v) is 13.2. The molecule has 0 radical (unpaired) electrons. The maximum atomic E-state index is 6.10. The molecule has 3 aliphatic rings. The van der Waals surface area contributed by atoms with Crippen molar-refractivity contribution < 1.29 is 4.74 Å². The van der Waals surface area contributed by atoms with E-state index >= 15 is 0 Å². The summed E-state index contributed by atoms with van der Waals surface area (Å²) in [5, 5.41) is 1.33. The first-order chi connectivity index (χ1) is 25.0. The van der Waals surface area contributed by atoms with E-state index in [4.69, 9.17) is 4.74 Å². The Balaban J connectivity index is 1.12. The van der Waals surface area contributed by atoms with Gasteiger partial charge in [-0.05, 0) is 89.2 Å². The molecule has 0 spiro atoms. The largest absolute Gasteiger partial charge is 0.465 e. The number of hydrogen-bond acceptors (Lipinski definition) is 2. The minimum absolute atomic E-state index is 0.0474. The normalized spacial score (nSPS) is 16.9. The molecule has 0 fully saturated rings. The Morgan fingerprint density at radius 3 is 2.41 bits per heavy atom. The van der Waals surface area contributed by atoms with Crippen LogP contribution in [0.4, 0.5) is 5.69 Å². The van der Waals surface area contributed by atoms with Crippen LogP contribution in [0.25, 0.3) is 39.9 Å². The van der Waals surface area contributed by atoms with E-state index in [9.17, 15) is 0 Å². The fourth-order valence-electron chi connectivity index (χ4n) is 7.58. The van der Waals surface area contributed by atoms with Crippen molar-refractivity contribution in [2.24, 2.45) is 0 Å². The number of hydrogen-bond donors (Lipinski definition) is 0. The molecule has 0 amide bonds. The summed E-state index contributed by atoms with van der Waals surface area (Å²) in [6.45, 7) is 16.7. The average Bonchev–Trinajstić information content (AvgIpc) is 3.71. The van der Waals surface area contributed by atoms with Crippen molar-refractivity contribution in [3.8, 4) is 22.6 Å². The van der Waals surface area contributed by atoms with Gasteiger partial charge in [-0.15, -0.1) is 0 Å². The van der Waals surface area contributed by atoms with E-state index in [1.165, 1.54) is 44.5 Å². The molecule has 0 saturated heterocycles. The van der Waals surface area contributed by atoms with Crippen LogP contribution in [0.1, 0.15) is 41.1 Å². The molecule has 2 unspecified atom stereocenters. The predicted molar refractivity (Wildman–Crippen MR) is 216 cm³/mol. The molecule has 1 aliphatic carbocycles. The second-order valence-electron chi connectivity index (χ2n) is 13.2. The minimum atomic E-state index is -0.0474. The van der Waals surface area contributed by atoms with Crippen LogP contribution < -0.4 is 9.64 Å². The highest BCUT2D eigenvalue weighted by molar-refractivity contribution is 5.95. The molecule has 8 rings (SSSR count). The first-order valence-corrected chi connectivity index (χ1v) is 17.5. The zero-order valence-corrected chi connectivity index (χ0v) is 28.7. The van der Waals surface area contributed by atoms with E-state index in [1.54, 1.807) is 12.3 Å². The van der Waals surface area contributed by atoms with Crippen molar-refractivity contribution in [2.75, 3.05) is 4.90 Å². The zero-order valence-electron chi connectivity index (χ0n) is 28.7. The maximum Gasteiger partial charge on any atom is 0.133 e. The summed E-state index contributed by atoms with van der Waals surface area (Å²) < 4.78 is 8.59. The van der Waals surface area contributed by atoms with Crippen LogP contribution in [0.15, 0.2) is 189 Å². The van der Waals surface area contributed by atoms with Crippen LogP contribution >= 0.6 is 0 Å². The average molecular weight is 661 g/mol. The molecule has 5 aromatic rings. The van der Waals surface area contributed by atoms with Gasteiger partial charge >= 0.3 is 0 Å². The third kappa shape index (κ3) is 5.87. The van der Waals surface area contributed by atoms with Crippen LogP contribution in [-0.2, 0) is 0 Å². The molecule has 3 nitrogen and oxygen atoms in total. The molecule has 0 bridgehead atoms. The van der Waals surface area contributed by atoms with Crippen molar-refractivity contribution in [3.63, 3.8) is 0 Å². The van der Waals surface area contributed by atoms with E-state index in [1.807, 2.05) is 42.5 Å². The summed E-state index contributed by atoms with van der Waals surface area (Å²) in [5.41, 5.74) is 13.7. The van der Waals surface area contributed by atoms with Crippen LogP contribution in [0.5, 0.6) is 5.75 Å². The van der Waals surface area contributed by atoms with Crippen LogP contribution in [0, 0.1) is 0 Å². The standard InChI is InChI=1S/C48H40N2O/c1-5-6-13-33(2)34(3)22-23-35(4)49(39-16-11-15-37-14-7-10-21-47(37)51-31-30-39)40-27-24-36(25-28-40)38-26-29-46-44(32-38)43-19-12-18-42-41-17-8-9-20-45(41)50(46)48(42)43/h5-15,17-18,20-32,39,43H,1-4,16,19H2. The molecule has 0 N–H and O–H groups in total. The Morgan fingerprint density at radius 2 is 1.55 bits per heavy atom. The molecule has 3 heteroatoms. The molecular formula is C48H40N2O. The molecule has 3 heterocycles. The Bertz CT molecular complexity index is 2370. The zero-order chi connectivity index (χ0) is 34.9. The monoisotopic (exact) mass is 660 g/mol. The highest BCUT2D eigenvalue weighted by Crippen LogP contribution is 2.49. The highest BCUT2D eigenvalue weighted by Gasteiger charge is 2.34. The van der Waals surface area contributed by atoms with Gasteiger partial charge in [0.1, 0.15) is 5.75 Å². The number of allylic oxidation sites excluding steroid dienone is 8. The second kappa shape index (κ2) is 13.5. The quantitative estimate of drug-likeness (QED) is 0.146. The van der Waals surface area contributed by atoms with Crippen molar-refractivity contribution in [2.45, 2.75) is 24.8 Å². The lowest BCUT2D eigenvalue weighted by atomic mass is 9.86. The van der Waals surface area contributed by atoms with Crippen molar-refractivity contribution >= 4 is 28.7 Å². The Morgan fingerprint density at radius 1 is 0.784 bits per heavy atom. The number of aromatic nitrogens is 1. The third-order valence-corrected chi connectivity index (χ3v) is 10.1. The third-order valence-electron chi connectivity index (χ3n) is 10.1. The summed E-state index contributed by atoms with van der Waals surface area (Å²) in [7, 11) is 0. The van der Waals surface area contributed by atoms with Gasteiger partial charge < -0.3 is 14.2 Å². The molecule has 248 valence electrons. The topological polar surface area (TPSA) is 17.4 Å². The van der Waals surface area contributed by atoms with Gasteiger partial charge in [-0.1, -0.05) is 130 Å². The van der Waals surface area contributed by atoms with Gasteiger partial charge in [0.15, 0.2) is 0 Å². The van der Waals surface area contributed by atoms with Gasteiger partial charge in [0.05, 0.1) is 17.8 Å². The number of fused-ring (bicyclic) bond motifs is 7. The first-order valence-electron chi connectivity index (χ1n) is 17.5. The minimum Gasteiger partial charge on any atom is -0.465 e. The summed E-state index contributed by atoms with van der Waals surface area (Å²) in [5.74, 6) is 1.20. The number of benzene rings is 4. The number of para-hydroxylation sites is 2. The van der Waals surface area contributed by atoms with E-state index in [0.717, 1.165) is 46.7 Å². The number of nitrogens with zero attached hydrogens (tertiary/aromatic N) is 2. The number of anilines is 1. The Kier molecular flexibility index (Phi) is 8.47. The summed E-state index contributed by atoms with van der Waals surface area (Å²) in [6.07, 6.45) is 24.1. The fourth-order valence-corrected chi connectivity index (χ4v) is 7.58. The molecule has 4 aromatic carbocycles. The number of ether oxygens (including phenoxy) is 1. The predicted octanol–water partition coefficient (Wildman–Crippen LogP) is 12.3. The van der Waals surface area contributed by atoms with Crippen LogP contribution in [-0.4, -0.2) is 10.6 Å². The maximum absolute atomic E-state index is 6.10. The lowest BCUT2D eigenvalue weighted by molar-refractivity contribution is 0.476.